The third kappa shape index (κ3) is 3.29. The van der Waals surface area contributed by atoms with Gasteiger partial charge in [0.05, 0.1) is 11.1 Å². The fourth-order valence-electron chi connectivity index (χ4n) is 2.63. The predicted molar refractivity (Wildman–Crippen MR) is 87.3 cm³/mol. The van der Waals surface area contributed by atoms with Crippen molar-refractivity contribution in [2.75, 3.05) is 17.6 Å². The van der Waals surface area contributed by atoms with E-state index in [1.807, 2.05) is 30.0 Å². The highest BCUT2D eigenvalue weighted by Crippen LogP contribution is 2.25. The predicted octanol–water partition coefficient (Wildman–Crippen LogP) is 3.63. The molecule has 0 aliphatic carbocycles. The number of aromatic carboxylic acids is 1. The minimum Gasteiger partial charge on any atom is -0.478 e. The van der Waals surface area contributed by atoms with Crippen molar-refractivity contribution in [2.24, 2.45) is 0 Å². The van der Waals surface area contributed by atoms with E-state index in [1.54, 1.807) is 12.1 Å². The van der Waals surface area contributed by atoms with Crippen molar-refractivity contribution in [3.63, 3.8) is 0 Å². The quantitative estimate of drug-likeness (QED) is 0.903. The number of carboxylic acids is 1. The molecule has 0 spiro atoms. The molecule has 0 radical (unpaired) electrons. The summed E-state index contributed by atoms with van der Waals surface area (Å²) < 4.78 is 0. The molecule has 2 heterocycles. The number of hydrogen-bond donors (Lipinski definition) is 2. The van der Waals surface area contributed by atoms with E-state index < -0.39 is 5.97 Å². The number of carbonyl (C=O) groups is 1. The van der Waals surface area contributed by atoms with Crippen molar-refractivity contribution < 1.29 is 9.90 Å². The monoisotopic (exact) mass is 302 g/mol. The molecule has 0 bridgehead atoms. The summed E-state index contributed by atoms with van der Waals surface area (Å²) in [7, 11) is 0. The van der Waals surface area contributed by atoms with Crippen LogP contribution in [0.1, 0.15) is 29.6 Å². The van der Waals surface area contributed by atoms with Gasteiger partial charge in [0.15, 0.2) is 0 Å². The molecule has 1 aromatic carbocycles. The van der Waals surface area contributed by atoms with Crippen LogP contribution < -0.4 is 5.32 Å². The number of fused-ring (bicyclic) bond motifs is 1. The van der Waals surface area contributed by atoms with Crippen molar-refractivity contribution >= 4 is 34.5 Å². The lowest BCUT2D eigenvalue weighted by Crippen LogP contribution is -2.20. The molecule has 2 N–H and O–H groups in total. The van der Waals surface area contributed by atoms with Crippen LogP contribution in [0.5, 0.6) is 0 Å². The SMILES string of the molecule is O=C(O)c1cccc2nc(NCC3CCCCS3)ccc12. The molecule has 4 nitrogen and oxygen atoms in total. The van der Waals surface area contributed by atoms with E-state index in [2.05, 4.69) is 10.3 Å². The van der Waals surface area contributed by atoms with Crippen LogP contribution in [-0.4, -0.2) is 33.6 Å². The van der Waals surface area contributed by atoms with Gasteiger partial charge in [0.25, 0.3) is 0 Å². The highest BCUT2D eigenvalue weighted by Gasteiger charge is 2.14. The summed E-state index contributed by atoms with van der Waals surface area (Å²) in [4.78, 5) is 15.7. The number of anilines is 1. The van der Waals surface area contributed by atoms with Gasteiger partial charge in [-0.05, 0) is 42.9 Å². The molecule has 1 aromatic heterocycles. The van der Waals surface area contributed by atoms with Gasteiger partial charge in [-0.15, -0.1) is 0 Å². The molecule has 0 saturated carbocycles. The first kappa shape index (κ1) is 14.2. The Morgan fingerprint density at radius 3 is 3.00 bits per heavy atom. The van der Waals surface area contributed by atoms with Crippen LogP contribution in [-0.2, 0) is 0 Å². The van der Waals surface area contributed by atoms with Crippen LogP contribution >= 0.6 is 11.8 Å². The van der Waals surface area contributed by atoms with Crippen molar-refractivity contribution in [1.29, 1.82) is 0 Å². The average Bonchev–Trinajstić information content (AvgIpc) is 2.53. The summed E-state index contributed by atoms with van der Waals surface area (Å²) in [6.45, 7) is 0.918. The number of hydrogen-bond acceptors (Lipinski definition) is 4. The lowest BCUT2D eigenvalue weighted by atomic mass is 10.1. The lowest BCUT2D eigenvalue weighted by molar-refractivity contribution is 0.0699. The van der Waals surface area contributed by atoms with Gasteiger partial charge in [-0.25, -0.2) is 9.78 Å². The molecule has 5 heteroatoms. The minimum absolute atomic E-state index is 0.300. The number of pyridine rings is 1. The van der Waals surface area contributed by atoms with Gasteiger partial charge in [-0.3, -0.25) is 0 Å². The normalized spacial score (nSPS) is 18.6. The smallest absolute Gasteiger partial charge is 0.336 e. The maximum Gasteiger partial charge on any atom is 0.336 e. The first-order valence-electron chi connectivity index (χ1n) is 7.22. The fraction of sp³-hybridized carbons (Fsp3) is 0.375. The molecule has 1 unspecified atom stereocenters. The third-order valence-electron chi connectivity index (χ3n) is 3.75. The zero-order valence-corrected chi connectivity index (χ0v) is 12.5. The zero-order valence-electron chi connectivity index (χ0n) is 11.7. The van der Waals surface area contributed by atoms with Gasteiger partial charge in [0.2, 0.25) is 0 Å². The van der Waals surface area contributed by atoms with E-state index in [-0.39, 0.29) is 0 Å². The molecule has 1 aliphatic rings. The summed E-state index contributed by atoms with van der Waals surface area (Å²) in [6, 6.07) is 8.89. The van der Waals surface area contributed by atoms with Crippen LogP contribution in [0.3, 0.4) is 0 Å². The number of aromatic nitrogens is 1. The van der Waals surface area contributed by atoms with E-state index in [0.29, 0.717) is 16.2 Å². The van der Waals surface area contributed by atoms with Crippen molar-refractivity contribution in [3.8, 4) is 0 Å². The molecule has 1 atom stereocenters. The fourth-order valence-corrected chi connectivity index (χ4v) is 3.87. The summed E-state index contributed by atoms with van der Waals surface area (Å²) in [5.41, 5.74) is 1.02. The zero-order chi connectivity index (χ0) is 14.7. The standard InChI is InChI=1S/C16H18N2O2S/c19-16(20)13-5-3-6-14-12(13)7-8-15(18-14)17-10-11-4-1-2-9-21-11/h3,5-8,11H,1-2,4,9-10H2,(H,17,18)(H,19,20). The molecule has 110 valence electrons. The van der Waals surface area contributed by atoms with Crippen molar-refractivity contribution in [1.82, 2.24) is 4.98 Å². The summed E-state index contributed by atoms with van der Waals surface area (Å²) in [5, 5.41) is 13.9. The van der Waals surface area contributed by atoms with Gasteiger partial charge in [-0.2, -0.15) is 11.8 Å². The Balaban J connectivity index is 1.76. The van der Waals surface area contributed by atoms with Crippen LogP contribution in [0.25, 0.3) is 10.9 Å². The second-order valence-electron chi connectivity index (χ2n) is 5.24. The topological polar surface area (TPSA) is 62.2 Å². The molecular weight excluding hydrogens is 284 g/mol. The Morgan fingerprint density at radius 2 is 2.24 bits per heavy atom. The molecule has 2 aromatic rings. The van der Waals surface area contributed by atoms with E-state index in [0.717, 1.165) is 17.9 Å². The van der Waals surface area contributed by atoms with Gasteiger partial charge < -0.3 is 10.4 Å². The molecule has 0 amide bonds. The first-order valence-corrected chi connectivity index (χ1v) is 8.27. The molecule has 21 heavy (non-hydrogen) atoms. The maximum absolute atomic E-state index is 11.2. The first-order chi connectivity index (χ1) is 10.2. The Kier molecular flexibility index (Phi) is 4.29. The summed E-state index contributed by atoms with van der Waals surface area (Å²) in [6.07, 6.45) is 3.90. The second kappa shape index (κ2) is 6.35. The van der Waals surface area contributed by atoms with Crippen LogP contribution in [0.4, 0.5) is 5.82 Å². The highest BCUT2D eigenvalue weighted by atomic mass is 32.2. The van der Waals surface area contributed by atoms with Crippen LogP contribution in [0.15, 0.2) is 30.3 Å². The van der Waals surface area contributed by atoms with Gasteiger partial charge in [0.1, 0.15) is 5.82 Å². The van der Waals surface area contributed by atoms with E-state index in [9.17, 15) is 9.90 Å². The molecular formula is C16H18N2O2S. The number of nitrogens with one attached hydrogen (secondary N) is 1. The third-order valence-corrected chi connectivity index (χ3v) is 5.15. The second-order valence-corrected chi connectivity index (χ2v) is 6.65. The number of benzene rings is 1. The van der Waals surface area contributed by atoms with Gasteiger partial charge in [0, 0.05) is 17.2 Å². The van der Waals surface area contributed by atoms with E-state index in [4.69, 9.17) is 0 Å². The Hall–Kier alpha value is -1.75. The number of carboxylic acid groups (broad SMARTS) is 1. The van der Waals surface area contributed by atoms with Gasteiger partial charge in [-0.1, -0.05) is 12.5 Å². The Labute approximate surface area is 128 Å². The molecule has 1 aliphatic heterocycles. The number of thioether (sulfide) groups is 1. The van der Waals surface area contributed by atoms with Crippen LogP contribution in [0, 0.1) is 0 Å². The van der Waals surface area contributed by atoms with E-state index >= 15 is 0 Å². The Bertz CT molecular complexity index is 654. The maximum atomic E-state index is 11.2. The summed E-state index contributed by atoms with van der Waals surface area (Å²) >= 11 is 2.02. The minimum atomic E-state index is -0.915. The molecule has 1 saturated heterocycles. The van der Waals surface area contributed by atoms with Crippen LogP contribution in [0.2, 0.25) is 0 Å². The number of nitrogens with zero attached hydrogens (tertiary/aromatic N) is 1. The van der Waals surface area contributed by atoms with E-state index in [1.165, 1.54) is 25.0 Å². The molecule has 3 rings (SSSR count). The Morgan fingerprint density at radius 1 is 1.33 bits per heavy atom. The largest absolute Gasteiger partial charge is 0.478 e. The average molecular weight is 302 g/mol. The van der Waals surface area contributed by atoms with Crippen molar-refractivity contribution in [2.45, 2.75) is 24.5 Å². The van der Waals surface area contributed by atoms with Crippen molar-refractivity contribution in [3.05, 3.63) is 35.9 Å². The molecule has 1 fully saturated rings. The number of rotatable bonds is 4. The lowest BCUT2D eigenvalue weighted by Gasteiger charge is -2.21. The summed E-state index contributed by atoms with van der Waals surface area (Å²) in [5.74, 6) is 1.15. The highest BCUT2D eigenvalue weighted by molar-refractivity contribution is 7.99. The van der Waals surface area contributed by atoms with Gasteiger partial charge >= 0.3 is 5.97 Å².